The van der Waals surface area contributed by atoms with Gasteiger partial charge in [-0.3, -0.25) is 14.4 Å². The first kappa shape index (κ1) is 70.4. The Morgan fingerprint density at radius 3 is 0.808 bits per heavy atom. The second-order valence-electron chi connectivity index (χ2n) is 21.7. The van der Waals surface area contributed by atoms with Crippen LogP contribution < -0.4 is 0 Å². The summed E-state index contributed by atoms with van der Waals surface area (Å²) in [6, 6.07) is 0. The number of carbonyl (C=O) groups excluding carboxylic acids is 3. The summed E-state index contributed by atoms with van der Waals surface area (Å²) < 4.78 is 16.8. The number of esters is 3. The van der Waals surface area contributed by atoms with Crippen molar-refractivity contribution in [3.63, 3.8) is 0 Å². The fraction of sp³-hybridized carbons (Fsp3) is 0.836. The molecule has 0 aliphatic rings. The molecule has 0 heterocycles. The number of hydrogen-bond donors (Lipinski definition) is 0. The first-order valence-electron chi connectivity index (χ1n) is 32.1. The van der Waals surface area contributed by atoms with Crippen LogP contribution in [-0.2, 0) is 28.6 Å². The van der Waals surface area contributed by atoms with Crippen LogP contribution in [0, 0.1) is 0 Å². The van der Waals surface area contributed by atoms with Crippen molar-refractivity contribution in [3.8, 4) is 0 Å². The predicted octanol–water partition coefficient (Wildman–Crippen LogP) is 21.8. The molecule has 0 aromatic rings. The van der Waals surface area contributed by atoms with Gasteiger partial charge in [-0.1, -0.05) is 326 Å². The van der Waals surface area contributed by atoms with Gasteiger partial charge in [0.2, 0.25) is 0 Å². The van der Waals surface area contributed by atoms with Gasteiger partial charge >= 0.3 is 17.9 Å². The lowest BCUT2D eigenvalue weighted by atomic mass is 10.0. The van der Waals surface area contributed by atoms with Crippen molar-refractivity contribution in [2.45, 2.75) is 348 Å². The van der Waals surface area contributed by atoms with E-state index in [0.717, 1.165) is 64.2 Å². The van der Waals surface area contributed by atoms with Gasteiger partial charge in [0.1, 0.15) is 13.2 Å². The lowest BCUT2D eigenvalue weighted by Crippen LogP contribution is -2.30. The highest BCUT2D eigenvalue weighted by atomic mass is 16.6. The van der Waals surface area contributed by atoms with Crippen LogP contribution in [0.25, 0.3) is 0 Å². The minimum absolute atomic E-state index is 0.0971. The zero-order valence-electron chi connectivity index (χ0n) is 48.9. The van der Waals surface area contributed by atoms with Crippen LogP contribution >= 0.6 is 0 Å². The highest BCUT2D eigenvalue weighted by Gasteiger charge is 2.19. The van der Waals surface area contributed by atoms with Crippen LogP contribution in [0.15, 0.2) is 48.6 Å². The maximum absolute atomic E-state index is 12.8. The Bertz CT molecular complexity index is 1270. The predicted molar refractivity (Wildman–Crippen MR) is 316 cm³/mol. The second-order valence-corrected chi connectivity index (χ2v) is 21.7. The third-order valence-electron chi connectivity index (χ3n) is 14.4. The summed E-state index contributed by atoms with van der Waals surface area (Å²) >= 11 is 0. The molecule has 0 N–H and O–H groups in total. The topological polar surface area (TPSA) is 78.9 Å². The summed E-state index contributed by atoms with van der Waals surface area (Å²) in [6.45, 7) is 6.51. The Hall–Kier alpha value is -2.63. The third-order valence-corrected chi connectivity index (χ3v) is 14.4. The van der Waals surface area contributed by atoms with Crippen LogP contribution in [-0.4, -0.2) is 37.2 Å². The summed E-state index contributed by atoms with van der Waals surface area (Å²) in [5, 5.41) is 0. The second kappa shape index (κ2) is 61.9. The summed E-state index contributed by atoms with van der Waals surface area (Å²) in [5.74, 6) is -0.961. The standard InChI is InChI=1S/C67H122O6/c1-4-7-10-13-16-19-22-25-26-27-28-29-30-31-32-33-34-35-36-37-38-39-40-43-45-48-51-54-57-60-66(69)72-63-64(73-67(70)61-58-55-52-49-46-42-24-21-18-15-12-9-6-3)62-71-65(68)59-56-53-50-47-44-41-23-20-17-14-11-8-5-2/h9,12,18,21,42,46,52,55,64H,4-8,10-11,13-17,19-20,22-41,43-45,47-51,53-54,56-63H2,1-3H3/b12-9-,21-18-,46-42-,55-52-. The molecule has 73 heavy (non-hydrogen) atoms. The first-order chi connectivity index (χ1) is 36.0. The number of ether oxygens (including phenoxy) is 3. The number of allylic oxidation sites excluding steroid dienone is 8. The van der Waals surface area contributed by atoms with E-state index in [4.69, 9.17) is 14.2 Å². The van der Waals surface area contributed by atoms with Crippen LogP contribution in [0.3, 0.4) is 0 Å². The average Bonchev–Trinajstić information content (AvgIpc) is 3.39. The zero-order chi connectivity index (χ0) is 52.9. The van der Waals surface area contributed by atoms with Gasteiger partial charge in [0.05, 0.1) is 0 Å². The van der Waals surface area contributed by atoms with Gasteiger partial charge in [-0.15, -0.1) is 0 Å². The molecule has 0 amide bonds. The molecular weight excluding hydrogens is 901 g/mol. The normalized spacial score (nSPS) is 12.3. The molecule has 0 fully saturated rings. The fourth-order valence-electron chi connectivity index (χ4n) is 9.58. The maximum Gasteiger partial charge on any atom is 0.306 e. The molecule has 6 nitrogen and oxygen atoms in total. The van der Waals surface area contributed by atoms with E-state index >= 15 is 0 Å². The number of unbranched alkanes of at least 4 members (excludes halogenated alkanes) is 40. The average molecular weight is 1020 g/mol. The van der Waals surface area contributed by atoms with Crippen molar-refractivity contribution in [1.82, 2.24) is 0 Å². The Morgan fingerprint density at radius 2 is 0.534 bits per heavy atom. The summed E-state index contributed by atoms with van der Waals surface area (Å²) in [5.41, 5.74) is 0. The Kier molecular flexibility index (Phi) is 59.7. The van der Waals surface area contributed by atoms with Gasteiger partial charge in [-0.25, -0.2) is 0 Å². The van der Waals surface area contributed by atoms with Gasteiger partial charge in [-0.05, 0) is 44.9 Å². The quantitative estimate of drug-likeness (QED) is 0.0261. The molecule has 0 rings (SSSR count). The lowest BCUT2D eigenvalue weighted by molar-refractivity contribution is -0.166. The highest BCUT2D eigenvalue weighted by molar-refractivity contribution is 5.71. The fourth-order valence-corrected chi connectivity index (χ4v) is 9.58. The van der Waals surface area contributed by atoms with Crippen molar-refractivity contribution >= 4 is 17.9 Å². The molecule has 6 heteroatoms. The smallest absolute Gasteiger partial charge is 0.306 e. The summed E-state index contributed by atoms with van der Waals surface area (Å²) in [7, 11) is 0. The van der Waals surface area contributed by atoms with E-state index in [-0.39, 0.29) is 37.5 Å². The van der Waals surface area contributed by atoms with Crippen molar-refractivity contribution in [2.24, 2.45) is 0 Å². The zero-order valence-corrected chi connectivity index (χ0v) is 48.9. The van der Waals surface area contributed by atoms with E-state index < -0.39 is 6.10 Å². The molecule has 0 aromatic heterocycles. The van der Waals surface area contributed by atoms with Crippen molar-refractivity contribution in [3.05, 3.63) is 48.6 Å². The third kappa shape index (κ3) is 60.1. The van der Waals surface area contributed by atoms with Crippen LogP contribution in [0.2, 0.25) is 0 Å². The molecule has 0 saturated carbocycles. The van der Waals surface area contributed by atoms with Gasteiger partial charge in [0.15, 0.2) is 6.10 Å². The molecule has 0 saturated heterocycles. The van der Waals surface area contributed by atoms with Gasteiger partial charge in [0.25, 0.3) is 0 Å². The van der Waals surface area contributed by atoms with Crippen LogP contribution in [0.1, 0.15) is 342 Å². The number of hydrogen-bond acceptors (Lipinski definition) is 6. The Morgan fingerprint density at radius 1 is 0.288 bits per heavy atom. The van der Waals surface area contributed by atoms with Crippen molar-refractivity contribution < 1.29 is 28.6 Å². The molecule has 1 atom stereocenters. The Balaban J connectivity index is 4.15. The molecule has 0 aromatic carbocycles. The number of carbonyl (C=O) groups is 3. The number of rotatable bonds is 59. The van der Waals surface area contributed by atoms with Gasteiger partial charge in [-0.2, -0.15) is 0 Å². The molecule has 1 unspecified atom stereocenters. The minimum atomic E-state index is -0.807. The van der Waals surface area contributed by atoms with Crippen LogP contribution in [0.5, 0.6) is 0 Å². The largest absolute Gasteiger partial charge is 0.462 e. The molecular formula is C67H122O6. The Labute approximate surface area is 454 Å². The van der Waals surface area contributed by atoms with E-state index in [0.29, 0.717) is 19.3 Å². The molecule has 0 radical (unpaired) electrons. The van der Waals surface area contributed by atoms with E-state index in [9.17, 15) is 14.4 Å². The molecule has 0 spiro atoms. The summed E-state index contributed by atoms with van der Waals surface area (Å²) in [4.78, 5) is 38.1. The van der Waals surface area contributed by atoms with Gasteiger partial charge < -0.3 is 14.2 Å². The first-order valence-corrected chi connectivity index (χ1v) is 32.1. The van der Waals surface area contributed by atoms with E-state index in [1.54, 1.807) is 0 Å². The van der Waals surface area contributed by atoms with Crippen LogP contribution in [0.4, 0.5) is 0 Å². The van der Waals surface area contributed by atoms with Gasteiger partial charge in [0, 0.05) is 19.3 Å². The maximum atomic E-state index is 12.8. The monoisotopic (exact) mass is 1020 g/mol. The van der Waals surface area contributed by atoms with Crippen molar-refractivity contribution in [2.75, 3.05) is 13.2 Å². The molecule has 0 aliphatic heterocycles. The SMILES string of the molecule is CC/C=C\C/C=C\C/C=C\C/C=C\CCC(=O)OC(COC(=O)CCCCCCCCCCCCCCC)COC(=O)CCCCCCCCCCCCCCCCCCCCCCCCCCCCCCC. The summed E-state index contributed by atoms with van der Waals surface area (Å²) in [6.07, 6.45) is 77.3. The molecule has 426 valence electrons. The van der Waals surface area contributed by atoms with Crippen molar-refractivity contribution in [1.29, 1.82) is 0 Å². The highest BCUT2D eigenvalue weighted by Crippen LogP contribution is 2.18. The minimum Gasteiger partial charge on any atom is -0.462 e. The van der Waals surface area contributed by atoms with E-state index in [1.807, 2.05) is 6.08 Å². The molecule has 0 aliphatic carbocycles. The van der Waals surface area contributed by atoms with E-state index in [1.165, 1.54) is 231 Å². The molecule has 0 bridgehead atoms. The lowest BCUT2D eigenvalue weighted by Gasteiger charge is -2.18. The van der Waals surface area contributed by atoms with E-state index in [2.05, 4.69) is 63.3 Å².